The second-order valence-electron chi connectivity index (χ2n) is 2.84. The second kappa shape index (κ2) is 3.10. The largest absolute Gasteiger partial charge is 0.479 e. The number of rotatable bonds is 2. The number of hydrogen-bond acceptors (Lipinski definition) is 4. The van der Waals surface area contributed by atoms with Gasteiger partial charge in [-0.2, -0.15) is 0 Å². The molecule has 72 valence electrons. The number of imidazole rings is 1. The minimum absolute atomic E-state index is 0.468. The molecule has 0 aliphatic carbocycles. The van der Waals surface area contributed by atoms with Crippen molar-refractivity contribution in [2.75, 3.05) is 7.11 Å². The van der Waals surface area contributed by atoms with Crippen LogP contribution < -0.4 is 4.74 Å². The fraction of sp³-hybridized carbons (Fsp3) is 0.222. The zero-order chi connectivity index (χ0) is 10.1. The van der Waals surface area contributed by atoms with Crippen molar-refractivity contribution in [3.05, 3.63) is 23.9 Å². The third-order valence-corrected chi connectivity index (χ3v) is 2.04. The molecule has 14 heavy (non-hydrogen) atoms. The molecule has 0 atom stereocenters. The number of fused-ring (bicyclic) bond motifs is 1. The molecule has 5 nitrogen and oxygen atoms in total. The van der Waals surface area contributed by atoms with Crippen molar-refractivity contribution < 1.29 is 9.53 Å². The van der Waals surface area contributed by atoms with Crippen molar-refractivity contribution in [2.24, 2.45) is 0 Å². The van der Waals surface area contributed by atoms with E-state index in [1.54, 1.807) is 10.6 Å². The van der Waals surface area contributed by atoms with Gasteiger partial charge in [0.05, 0.1) is 19.5 Å². The number of aromatic nitrogens is 3. The molecule has 0 fully saturated rings. The summed E-state index contributed by atoms with van der Waals surface area (Å²) >= 11 is 0. The predicted molar refractivity (Wildman–Crippen MR) is 49.7 cm³/mol. The molecule has 2 heterocycles. The quantitative estimate of drug-likeness (QED) is 0.660. The fourth-order valence-corrected chi connectivity index (χ4v) is 1.41. The first-order valence-electron chi connectivity index (χ1n) is 4.10. The lowest BCUT2D eigenvalue weighted by Gasteiger charge is -2.04. The number of methoxy groups -OCH3 is 1. The van der Waals surface area contributed by atoms with Gasteiger partial charge in [-0.05, 0) is 6.92 Å². The van der Waals surface area contributed by atoms with E-state index in [4.69, 9.17) is 4.74 Å². The Morgan fingerprint density at radius 3 is 2.86 bits per heavy atom. The Morgan fingerprint density at radius 2 is 2.21 bits per heavy atom. The van der Waals surface area contributed by atoms with Crippen LogP contribution in [0.25, 0.3) is 5.52 Å². The summed E-state index contributed by atoms with van der Waals surface area (Å²) in [4.78, 5) is 18.8. The van der Waals surface area contributed by atoms with Gasteiger partial charge in [0.15, 0.2) is 6.29 Å². The first-order valence-corrected chi connectivity index (χ1v) is 4.10. The maximum Gasteiger partial charge on any atom is 0.239 e. The molecule has 5 heteroatoms. The molecule has 0 bridgehead atoms. The molecular weight excluding hydrogens is 182 g/mol. The van der Waals surface area contributed by atoms with Crippen LogP contribution in [0.4, 0.5) is 0 Å². The Hall–Kier alpha value is -1.91. The van der Waals surface area contributed by atoms with E-state index in [1.807, 2.05) is 6.92 Å². The first kappa shape index (κ1) is 8.68. The zero-order valence-corrected chi connectivity index (χ0v) is 7.89. The van der Waals surface area contributed by atoms with Crippen LogP contribution in [-0.4, -0.2) is 27.8 Å². The molecule has 0 N–H and O–H groups in total. The number of aryl methyl sites for hydroxylation is 1. The molecule has 0 amide bonds. The molecule has 0 spiro atoms. The molecule has 0 aliphatic heterocycles. The predicted octanol–water partition coefficient (Wildman–Crippen LogP) is 0.859. The summed E-state index contributed by atoms with van der Waals surface area (Å²) in [6, 6.07) is 0. The minimum atomic E-state index is 0.468. The number of nitrogens with zero attached hydrogens (tertiary/aromatic N) is 3. The average Bonchev–Trinajstić information content (AvgIpc) is 2.60. The van der Waals surface area contributed by atoms with Crippen LogP contribution in [0.15, 0.2) is 12.4 Å². The molecule has 0 aromatic carbocycles. The maximum atomic E-state index is 10.7. The fourth-order valence-electron chi connectivity index (χ4n) is 1.41. The van der Waals surface area contributed by atoms with Gasteiger partial charge >= 0.3 is 0 Å². The van der Waals surface area contributed by atoms with Gasteiger partial charge < -0.3 is 4.74 Å². The Balaban J connectivity index is 2.87. The van der Waals surface area contributed by atoms with Crippen molar-refractivity contribution in [1.29, 1.82) is 0 Å². The standard InChI is InChI=1S/C9H9N3O2/c1-6-10-4-8-9(14-2)11-3-7(5-13)12(6)8/h3-5H,1-2H3. The summed E-state index contributed by atoms with van der Waals surface area (Å²) in [5, 5.41) is 0. The van der Waals surface area contributed by atoms with Crippen molar-refractivity contribution >= 4 is 11.8 Å². The van der Waals surface area contributed by atoms with Crippen molar-refractivity contribution in [2.45, 2.75) is 6.92 Å². The highest BCUT2D eigenvalue weighted by atomic mass is 16.5. The first-order chi connectivity index (χ1) is 6.77. The number of hydrogen-bond donors (Lipinski definition) is 0. The summed E-state index contributed by atoms with van der Waals surface area (Å²) in [7, 11) is 1.53. The van der Waals surface area contributed by atoms with E-state index in [0.717, 1.165) is 12.1 Å². The maximum absolute atomic E-state index is 10.7. The van der Waals surface area contributed by atoms with Gasteiger partial charge in [-0.3, -0.25) is 9.20 Å². The smallest absolute Gasteiger partial charge is 0.239 e. The molecule has 0 unspecified atom stereocenters. The second-order valence-corrected chi connectivity index (χ2v) is 2.84. The van der Waals surface area contributed by atoms with Crippen LogP contribution in [0.2, 0.25) is 0 Å². The molecule has 0 saturated carbocycles. The SMILES string of the molecule is COc1ncc(C=O)n2c(C)ncc12. The molecule has 2 rings (SSSR count). The third-order valence-electron chi connectivity index (χ3n) is 2.04. The summed E-state index contributed by atoms with van der Waals surface area (Å²) in [6.45, 7) is 1.82. The summed E-state index contributed by atoms with van der Waals surface area (Å²) in [5.41, 5.74) is 1.17. The number of carbonyl (C=O) groups is 1. The molecular formula is C9H9N3O2. The van der Waals surface area contributed by atoms with E-state index >= 15 is 0 Å². The zero-order valence-electron chi connectivity index (χ0n) is 7.89. The summed E-state index contributed by atoms with van der Waals surface area (Å²) < 4.78 is 6.76. The van der Waals surface area contributed by atoms with E-state index in [0.29, 0.717) is 17.1 Å². The van der Waals surface area contributed by atoms with Gasteiger partial charge in [-0.1, -0.05) is 0 Å². The van der Waals surface area contributed by atoms with Crippen molar-refractivity contribution in [1.82, 2.24) is 14.4 Å². The lowest BCUT2D eigenvalue weighted by molar-refractivity contribution is 0.111. The van der Waals surface area contributed by atoms with Crippen LogP contribution in [0.1, 0.15) is 16.3 Å². The molecule has 0 aliphatic rings. The van der Waals surface area contributed by atoms with Crippen molar-refractivity contribution in [3.8, 4) is 5.88 Å². The van der Waals surface area contributed by atoms with E-state index in [1.165, 1.54) is 13.3 Å². The van der Waals surface area contributed by atoms with Gasteiger partial charge in [0.25, 0.3) is 0 Å². The van der Waals surface area contributed by atoms with Crippen LogP contribution >= 0.6 is 0 Å². The molecule has 0 saturated heterocycles. The average molecular weight is 191 g/mol. The number of carbonyl (C=O) groups excluding carboxylic acids is 1. The van der Waals surface area contributed by atoms with Gasteiger partial charge in [0, 0.05) is 0 Å². The number of ether oxygens (including phenoxy) is 1. The topological polar surface area (TPSA) is 56.5 Å². The van der Waals surface area contributed by atoms with Gasteiger partial charge in [0.1, 0.15) is 17.0 Å². The molecule has 2 aromatic heterocycles. The van der Waals surface area contributed by atoms with Gasteiger partial charge in [-0.25, -0.2) is 9.97 Å². The Morgan fingerprint density at radius 1 is 1.43 bits per heavy atom. The normalized spacial score (nSPS) is 10.4. The van der Waals surface area contributed by atoms with Crippen LogP contribution in [0.5, 0.6) is 5.88 Å². The molecule has 2 aromatic rings. The highest BCUT2D eigenvalue weighted by molar-refractivity contribution is 5.75. The number of aldehydes is 1. The van der Waals surface area contributed by atoms with E-state index < -0.39 is 0 Å². The third kappa shape index (κ3) is 1.06. The Bertz CT molecular complexity index is 490. The summed E-state index contributed by atoms with van der Waals surface area (Å²) in [6.07, 6.45) is 3.84. The lowest BCUT2D eigenvalue weighted by atomic mass is 10.4. The van der Waals surface area contributed by atoms with Crippen LogP contribution in [0, 0.1) is 6.92 Å². The highest BCUT2D eigenvalue weighted by Crippen LogP contribution is 2.18. The van der Waals surface area contributed by atoms with Gasteiger partial charge in [-0.15, -0.1) is 0 Å². The van der Waals surface area contributed by atoms with Gasteiger partial charge in [0.2, 0.25) is 5.88 Å². The van der Waals surface area contributed by atoms with E-state index in [-0.39, 0.29) is 0 Å². The summed E-state index contributed by atoms with van der Waals surface area (Å²) in [5.74, 6) is 1.21. The van der Waals surface area contributed by atoms with Crippen LogP contribution in [0.3, 0.4) is 0 Å². The highest BCUT2D eigenvalue weighted by Gasteiger charge is 2.09. The minimum Gasteiger partial charge on any atom is -0.479 e. The van der Waals surface area contributed by atoms with Crippen molar-refractivity contribution in [3.63, 3.8) is 0 Å². The van der Waals surface area contributed by atoms with E-state index in [2.05, 4.69) is 9.97 Å². The Kier molecular flexibility index (Phi) is 1.92. The Labute approximate surface area is 80.4 Å². The lowest BCUT2D eigenvalue weighted by Crippen LogP contribution is -2.01. The van der Waals surface area contributed by atoms with E-state index in [9.17, 15) is 4.79 Å². The monoisotopic (exact) mass is 191 g/mol. The van der Waals surface area contributed by atoms with Crippen LogP contribution in [-0.2, 0) is 0 Å². The molecule has 0 radical (unpaired) electrons.